The standard InChI is InChI=1S/C20H26NO/c1-20(2,3)21-15-7-10-19(16-8-5-4-6-9-16)17-11-13-18(22)14-12-17/h4-9,11-14,19,21-22H,10,15H2,1-3H3. The third kappa shape index (κ3) is 5.19. The minimum absolute atomic E-state index is 0.136. The van der Waals surface area contributed by atoms with Crippen molar-refractivity contribution in [3.05, 3.63) is 72.1 Å². The third-order valence-electron chi connectivity index (χ3n) is 3.68. The molecule has 0 spiro atoms. The van der Waals surface area contributed by atoms with Crippen molar-refractivity contribution in [2.24, 2.45) is 0 Å². The number of hydrogen-bond acceptors (Lipinski definition) is 2. The lowest BCUT2D eigenvalue weighted by molar-refractivity contribution is 0.439. The maximum Gasteiger partial charge on any atom is 0.115 e. The average molecular weight is 296 g/mol. The topological polar surface area (TPSA) is 32.3 Å². The van der Waals surface area contributed by atoms with Gasteiger partial charge in [-0.25, -0.2) is 0 Å². The van der Waals surface area contributed by atoms with Gasteiger partial charge in [0.15, 0.2) is 0 Å². The first-order valence-corrected chi connectivity index (χ1v) is 7.86. The fourth-order valence-electron chi connectivity index (χ4n) is 2.48. The molecule has 0 heterocycles. The summed E-state index contributed by atoms with van der Waals surface area (Å²) in [6.45, 7) is 7.42. The number of phenols is 1. The molecule has 0 aliphatic heterocycles. The Balaban J connectivity index is 2.07. The molecule has 0 amide bonds. The molecule has 0 bridgehead atoms. The molecule has 2 N–H and O–H groups in total. The molecule has 2 heteroatoms. The molecule has 0 saturated heterocycles. The van der Waals surface area contributed by atoms with Crippen LogP contribution in [0.3, 0.4) is 0 Å². The molecule has 117 valence electrons. The zero-order valence-electron chi connectivity index (χ0n) is 13.7. The van der Waals surface area contributed by atoms with E-state index in [4.69, 9.17) is 0 Å². The number of hydrogen-bond donors (Lipinski definition) is 2. The van der Waals surface area contributed by atoms with E-state index in [1.807, 2.05) is 18.2 Å². The zero-order valence-corrected chi connectivity index (χ0v) is 13.7. The summed E-state index contributed by atoms with van der Waals surface area (Å²) in [6, 6.07) is 18.1. The molecule has 1 atom stereocenters. The highest BCUT2D eigenvalue weighted by Crippen LogP contribution is 2.29. The van der Waals surface area contributed by atoms with E-state index < -0.39 is 0 Å². The van der Waals surface area contributed by atoms with Crippen molar-refractivity contribution < 1.29 is 5.11 Å². The van der Waals surface area contributed by atoms with Crippen LogP contribution < -0.4 is 5.32 Å². The van der Waals surface area contributed by atoms with Crippen LogP contribution in [-0.2, 0) is 0 Å². The molecule has 0 saturated carbocycles. The van der Waals surface area contributed by atoms with Crippen molar-refractivity contribution >= 4 is 0 Å². The van der Waals surface area contributed by atoms with Gasteiger partial charge in [0.2, 0.25) is 0 Å². The molecule has 2 rings (SSSR count). The van der Waals surface area contributed by atoms with Crippen molar-refractivity contribution in [3.8, 4) is 5.75 Å². The van der Waals surface area contributed by atoms with Gasteiger partial charge in [0, 0.05) is 11.5 Å². The minimum atomic E-state index is 0.136. The number of phenolic OH excluding ortho intramolecular Hbond substituents is 1. The number of benzene rings is 2. The van der Waals surface area contributed by atoms with E-state index in [1.165, 1.54) is 11.1 Å². The summed E-state index contributed by atoms with van der Waals surface area (Å²) in [6.07, 6.45) is 3.27. The molecule has 0 aromatic heterocycles. The first-order chi connectivity index (χ1) is 10.5. The second-order valence-corrected chi connectivity index (χ2v) is 6.71. The molecule has 1 radical (unpaired) electrons. The molecule has 0 fully saturated rings. The van der Waals surface area contributed by atoms with Crippen LogP contribution >= 0.6 is 0 Å². The molecule has 0 aliphatic rings. The summed E-state index contributed by atoms with van der Waals surface area (Å²) < 4.78 is 0. The molecular formula is C20H26NO. The summed E-state index contributed by atoms with van der Waals surface area (Å²) in [5, 5.41) is 13.0. The van der Waals surface area contributed by atoms with Gasteiger partial charge in [-0.05, 0) is 63.4 Å². The van der Waals surface area contributed by atoms with E-state index in [9.17, 15) is 5.11 Å². The summed E-state index contributed by atoms with van der Waals surface area (Å²) in [5.41, 5.74) is 2.67. The number of rotatable bonds is 6. The first kappa shape index (κ1) is 16.6. The molecular weight excluding hydrogens is 270 g/mol. The van der Waals surface area contributed by atoms with Gasteiger partial charge in [0.05, 0.1) is 0 Å². The molecule has 0 aliphatic carbocycles. The van der Waals surface area contributed by atoms with Crippen LogP contribution in [0.4, 0.5) is 0 Å². The van der Waals surface area contributed by atoms with Crippen LogP contribution in [0, 0.1) is 6.42 Å². The van der Waals surface area contributed by atoms with Crippen LogP contribution in [0.5, 0.6) is 5.75 Å². The highest BCUT2D eigenvalue weighted by Gasteiger charge is 2.15. The van der Waals surface area contributed by atoms with E-state index >= 15 is 0 Å². The number of aromatic hydroxyl groups is 1. The van der Waals surface area contributed by atoms with Crippen molar-refractivity contribution in [3.63, 3.8) is 0 Å². The van der Waals surface area contributed by atoms with E-state index in [-0.39, 0.29) is 5.54 Å². The Hall–Kier alpha value is -1.80. The zero-order chi connectivity index (χ0) is 16.0. The summed E-state index contributed by atoms with van der Waals surface area (Å²) in [7, 11) is 0. The Morgan fingerprint density at radius 3 is 2.14 bits per heavy atom. The van der Waals surface area contributed by atoms with Gasteiger partial charge in [-0.1, -0.05) is 42.5 Å². The maximum absolute atomic E-state index is 9.49. The smallest absolute Gasteiger partial charge is 0.115 e. The van der Waals surface area contributed by atoms with Crippen LogP contribution in [0.15, 0.2) is 54.6 Å². The van der Waals surface area contributed by atoms with Gasteiger partial charge in [-0.15, -0.1) is 0 Å². The normalized spacial score (nSPS) is 13.0. The predicted octanol–water partition coefficient (Wildman–Crippen LogP) is 4.51. The Kier molecular flexibility index (Phi) is 5.62. The Bertz CT molecular complexity index is 555. The fraction of sp³-hybridized carbons (Fsp3) is 0.350. The maximum atomic E-state index is 9.49. The summed E-state index contributed by atoms with van der Waals surface area (Å²) in [5.74, 6) is 0.637. The van der Waals surface area contributed by atoms with Gasteiger partial charge < -0.3 is 10.4 Å². The van der Waals surface area contributed by atoms with E-state index in [1.54, 1.807) is 12.1 Å². The van der Waals surface area contributed by atoms with Gasteiger partial charge in [0.1, 0.15) is 5.75 Å². The van der Waals surface area contributed by atoms with Crippen molar-refractivity contribution in [1.29, 1.82) is 0 Å². The Morgan fingerprint density at radius 1 is 0.955 bits per heavy atom. The average Bonchev–Trinajstić information content (AvgIpc) is 2.48. The lowest BCUT2D eigenvalue weighted by Crippen LogP contribution is -2.36. The first-order valence-electron chi connectivity index (χ1n) is 7.86. The SMILES string of the molecule is CC(C)(C)NC[CH]CC(c1ccccc1)c1ccc(O)cc1. The monoisotopic (exact) mass is 296 g/mol. The number of nitrogens with one attached hydrogen (secondary N) is 1. The quantitative estimate of drug-likeness (QED) is 0.769. The lowest BCUT2D eigenvalue weighted by atomic mass is 9.87. The molecule has 2 nitrogen and oxygen atoms in total. The predicted molar refractivity (Wildman–Crippen MR) is 93.1 cm³/mol. The summed E-state index contributed by atoms with van der Waals surface area (Å²) in [4.78, 5) is 0. The van der Waals surface area contributed by atoms with E-state index in [2.05, 4.69) is 56.8 Å². The minimum Gasteiger partial charge on any atom is -0.508 e. The Labute approximate surface area is 134 Å². The van der Waals surface area contributed by atoms with Crippen LogP contribution in [-0.4, -0.2) is 17.2 Å². The molecule has 2 aromatic rings. The van der Waals surface area contributed by atoms with Crippen molar-refractivity contribution in [2.45, 2.75) is 38.6 Å². The van der Waals surface area contributed by atoms with E-state index in [0.717, 1.165) is 13.0 Å². The van der Waals surface area contributed by atoms with Crippen molar-refractivity contribution in [1.82, 2.24) is 5.32 Å². The highest BCUT2D eigenvalue weighted by molar-refractivity contribution is 5.35. The third-order valence-corrected chi connectivity index (χ3v) is 3.68. The van der Waals surface area contributed by atoms with Gasteiger partial charge in [-0.2, -0.15) is 0 Å². The largest absolute Gasteiger partial charge is 0.508 e. The van der Waals surface area contributed by atoms with E-state index in [0.29, 0.717) is 11.7 Å². The molecule has 22 heavy (non-hydrogen) atoms. The fourth-order valence-corrected chi connectivity index (χ4v) is 2.48. The van der Waals surface area contributed by atoms with Crippen LogP contribution in [0.25, 0.3) is 0 Å². The van der Waals surface area contributed by atoms with Crippen molar-refractivity contribution in [2.75, 3.05) is 6.54 Å². The lowest BCUT2D eigenvalue weighted by Gasteiger charge is -2.22. The second-order valence-electron chi connectivity index (χ2n) is 6.71. The van der Waals surface area contributed by atoms with Crippen LogP contribution in [0.1, 0.15) is 44.2 Å². The Morgan fingerprint density at radius 2 is 1.55 bits per heavy atom. The summed E-state index contributed by atoms with van der Waals surface area (Å²) >= 11 is 0. The van der Waals surface area contributed by atoms with Gasteiger partial charge in [0.25, 0.3) is 0 Å². The van der Waals surface area contributed by atoms with Crippen LogP contribution in [0.2, 0.25) is 0 Å². The second kappa shape index (κ2) is 7.46. The molecule has 2 aromatic carbocycles. The highest BCUT2D eigenvalue weighted by atomic mass is 16.3. The van der Waals surface area contributed by atoms with Gasteiger partial charge in [-0.3, -0.25) is 0 Å². The van der Waals surface area contributed by atoms with Gasteiger partial charge >= 0.3 is 0 Å². The molecule has 1 unspecified atom stereocenters.